The monoisotopic (exact) mass is 434 g/mol. The summed E-state index contributed by atoms with van der Waals surface area (Å²) >= 11 is 0. The van der Waals surface area contributed by atoms with Gasteiger partial charge in [0.05, 0.1) is 17.2 Å². The predicted octanol–water partition coefficient (Wildman–Crippen LogP) is 4.69. The first-order valence-electron chi connectivity index (χ1n) is 10.7. The SMILES string of the molecule is CN(c1ccc(OCCCCCCN2CCCC2)cc1)S(=O)(=O)c1ccc(F)cc1. The molecule has 1 heterocycles. The van der Waals surface area contributed by atoms with Crippen molar-refractivity contribution in [2.45, 2.75) is 43.4 Å². The summed E-state index contributed by atoms with van der Waals surface area (Å²) in [6.07, 6.45) is 7.35. The summed E-state index contributed by atoms with van der Waals surface area (Å²) in [5, 5.41) is 0. The number of unbranched alkanes of at least 4 members (excludes halogenated alkanes) is 3. The van der Waals surface area contributed by atoms with Gasteiger partial charge in [-0.05, 0) is 93.8 Å². The van der Waals surface area contributed by atoms with Gasteiger partial charge in [-0.15, -0.1) is 0 Å². The van der Waals surface area contributed by atoms with Crippen LogP contribution in [0.15, 0.2) is 53.4 Å². The van der Waals surface area contributed by atoms with E-state index in [4.69, 9.17) is 4.74 Å². The number of benzene rings is 2. The Morgan fingerprint density at radius 1 is 0.933 bits per heavy atom. The second kappa shape index (κ2) is 10.8. The lowest BCUT2D eigenvalue weighted by Crippen LogP contribution is -2.26. The van der Waals surface area contributed by atoms with Crippen molar-refractivity contribution in [2.24, 2.45) is 0 Å². The average Bonchev–Trinajstić information content (AvgIpc) is 3.27. The first-order chi connectivity index (χ1) is 14.5. The molecule has 0 atom stereocenters. The van der Waals surface area contributed by atoms with Crippen LogP contribution in [-0.2, 0) is 10.0 Å². The summed E-state index contributed by atoms with van der Waals surface area (Å²) in [4.78, 5) is 2.60. The van der Waals surface area contributed by atoms with E-state index in [0.29, 0.717) is 12.3 Å². The average molecular weight is 435 g/mol. The fourth-order valence-corrected chi connectivity index (χ4v) is 4.84. The predicted molar refractivity (Wildman–Crippen MR) is 118 cm³/mol. The zero-order chi connectivity index (χ0) is 21.4. The molecular formula is C23H31FN2O3S. The molecule has 3 rings (SSSR count). The van der Waals surface area contributed by atoms with Crippen molar-refractivity contribution in [3.05, 3.63) is 54.3 Å². The minimum Gasteiger partial charge on any atom is -0.494 e. The van der Waals surface area contributed by atoms with E-state index in [1.165, 1.54) is 68.8 Å². The van der Waals surface area contributed by atoms with Crippen molar-refractivity contribution in [2.75, 3.05) is 37.6 Å². The van der Waals surface area contributed by atoms with Gasteiger partial charge in [0, 0.05) is 7.05 Å². The van der Waals surface area contributed by atoms with Crippen LogP contribution in [0.5, 0.6) is 5.75 Å². The number of ether oxygens (including phenoxy) is 1. The third kappa shape index (κ3) is 6.19. The van der Waals surface area contributed by atoms with E-state index in [1.54, 1.807) is 24.3 Å². The number of hydrogen-bond donors (Lipinski definition) is 0. The molecule has 5 nitrogen and oxygen atoms in total. The normalized spacial score (nSPS) is 14.7. The molecule has 0 unspecified atom stereocenters. The summed E-state index contributed by atoms with van der Waals surface area (Å²) in [5.41, 5.74) is 0.522. The van der Waals surface area contributed by atoms with Crippen LogP contribution in [0.25, 0.3) is 0 Å². The third-order valence-electron chi connectivity index (χ3n) is 5.51. The number of rotatable bonds is 11. The van der Waals surface area contributed by atoms with Gasteiger partial charge in [0.25, 0.3) is 10.0 Å². The molecule has 164 valence electrons. The zero-order valence-corrected chi connectivity index (χ0v) is 18.4. The first-order valence-corrected chi connectivity index (χ1v) is 12.1. The lowest BCUT2D eigenvalue weighted by Gasteiger charge is -2.20. The first kappa shape index (κ1) is 22.6. The Hall–Kier alpha value is -2.12. The topological polar surface area (TPSA) is 49.9 Å². The van der Waals surface area contributed by atoms with Crippen LogP contribution in [0.4, 0.5) is 10.1 Å². The summed E-state index contributed by atoms with van der Waals surface area (Å²) in [7, 11) is -2.25. The van der Waals surface area contributed by atoms with E-state index >= 15 is 0 Å². The van der Waals surface area contributed by atoms with Crippen LogP contribution in [-0.4, -0.2) is 46.6 Å². The maximum Gasteiger partial charge on any atom is 0.264 e. The Bertz CT molecular complexity index is 880. The van der Waals surface area contributed by atoms with Crippen molar-refractivity contribution >= 4 is 15.7 Å². The highest BCUT2D eigenvalue weighted by molar-refractivity contribution is 7.92. The van der Waals surface area contributed by atoms with Crippen LogP contribution in [0.1, 0.15) is 38.5 Å². The maximum absolute atomic E-state index is 13.1. The molecule has 1 aliphatic heterocycles. The highest BCUT2D eigenvalue weighted by atomic mass is 32.2. The molecule has 1 saturated heterocycles. The van der Waals surface area contributed by atoms with Gasteiger partial charge in [-0.25, -0.2) is 12.8 Å². The lowest BCUT2D eigenvalue weighted by molar-refractivity contribution is 0.297. The Morgan fingerprint density at radius 3 is 2.23 bits per heavy atom. The maximum atomic E-state index is 13.1. The largest absolute Gasteiger partial charge is 0.494 e. The second-order valence-corrected chi connectivity index (χ2v) is 9.70. The van der Waals surface area contributed by atoms with E-state index in [-0.39, 0.29) is 4.90 Å². The van der Waals surface area contributed by atoms with E-state index in [9.17, 15) is 12.8 Å². The Labute approximate surface area is 179 Å². The minimum atomic E-state index is -3.74. The van der Waals surface area contributed by atoms with Crippen molar-refractivity contribution in [3.8, 4) is 5.75 Å². The molecule has 0 radical (unpaired) electrons. The van der Waals surface area contributed by atoms with Crippen LogP contribution < -0.4 is 9.04 Å². The highest BCUT2D eigenvalue weighted by Gasteiger charge is 2.21. The molecule has 0 amide bonds. The fourth-order valence-electron chi connectivity index (χ4n) is 3.64. The molecule has 0 aromatic heterocycles. The van der Waals surface area contributed by atoms with E-state index in [1.807, 2.05) is 0 Å². The van der Waals surface area contributed by atoms with Crippen molar-refractivity contribution < 1.29 is 17.5 Å². The summed E-state index contributed by atoms with van der Waals surface area (Å²) in [5.74, 6) is 0.257. The van der Waals surface area contributed by atoms with Gasteiger partial charge in [-0.2, -0.15) is 0 Å². The molecule has 7 heteroatoms. The molecule has 0 bridgehead atoms. The number of likely N-dealkylation sites (tertiary alicyclic amines) is 1. The van der Waals surface area contributed by atoms with Crippen molar-refractivity contribution in [1.82, 2.24) is 4.90 Å². The number of hydrogen-bond acceptors (Lipinski definition) is 4. The molecule has 1 aliphatic rings. The van der Waals surface area contributed by atoms with E-state index < -0.39 is 15.8 Å². The quantitative estimate of drug-likeness (QED) is 0.482. The zero-order valence-electron chi connectivity index (χ0n) is 17.6. The summed E-state index contributed by atoms with van der Waals surface area (Å²) < 4.78 is 45.4. The van der Waals surface area contributed by atoms with Gasteiger partial charge in [0.2, 0.25) is 0 Å². The number of nitrogens with zero attached hydrogens (tertiary/aromatic N) is 2. The minimum absolute atomic E-state index is 0.0523. The number of sulfonamides is 1. The highest BCUT2D eigenvalue weighted by Crippen LogP contribution is 2.24. The standard InChI is InChI=1S/C23H31FN2O3S/c1-25(30(27,28)23-14-8-20(24)9-15-23)21-10-12-22(13-11-21)29-19-7-3-2-4-16-26-17-5-6-18-26/h8-15H,2-7,16-19H2,1H3. The summed E-state index contributed by atoms with van der Waals surface area (Å²) in [6, 6.07) is 11.8. The lowest BCUT2D eigenvalue weighted by atomic mass is 10.2. The molecule has 2 aromatic rings. The molecule has 2 aromatic carbocycles. The smallest absolute Gasteiger partial charge is 0.264 e. The molecule has 0 saturated carbocycles. The van der Waals surface area contributed by atoms with Crippen LogP contribution in [0.3, 0.4) is 0 Å². The Balaban J connectivity index is 1.41. The molecular weight excluding hydrogens is 403 g/mol. The fraction of sp³-hybridized carbons (Fsp3) is 0.478. The molecule has 0 aliphatic carbocycles. The molecule has 1 fully saturated rings. The van der Waals surface area contributed by atoms with Gasteiger partial charge in [0.15, 0.2) is 0 Å². The van der Waals surface area contributed by atoms with E-state index in [2.05, 4.69) is 4.90 Å². The molecule has 0 spiro atoms. The second-order valence-electron chi connectivity index (χ2n) is 7.73. The van der Waals surface area contributed by atoms with Gasteiger partial charge < -0.3 is 9.64 Å². The Kier molecular flexibility index (Phi) is 8.10. The molecule has 30 heavy (non-hydrogen) atoms. The van der Waals surface area contributed by atoms with Gasteiger partial charge in [0.1, 0.15) is 11.6 Å². The van der Waals surface area contributed by atoms with Crippen LogP contribution in [0.2, 0.25) is 0 Å². The number of halogens is 1. The van der Waals surface area contributed by atoms with Crippen molar-refractivity contribution in [1.29, 1.82) is 0 Å². The Morgan fingerprint density at radius 2 is 1.57 bits per heavy atom. The van der Waals surface area contributed by atoms with Gasteiger partial charge in [-0.1, -0.05) is 12.8 Å². The summed E-state index contributed by atoms with van der Waals surface area (Å²) in [6.45, 7) is 4.41. The van der Waals surface area contributed by atoms with E-state index in [0.717, 1.165) is 30.7 Å². The molecule has 0 N–H and O–H groups in total. The van der Waals surface area contributed by atoms with Crippen molar-refractivity contribution in [3.63, 3.8) is 0 Å². The van der Waals surface area contributed by atoms with Crippen LogP contribution >= 0.6 is 0 Å². The van der Waals surface area contributed by atoms with Gasteiger partial charge >= 0.3 is 0 Å². The van der Waals surface area contributed by atoms with Crippen LogP contribution in [0, 0.1) is 5.82 Å². The van der Waals surface area contributed by atoms with Gasteiger partial charge in [-0.3, -0.25) is 4.31 Å². The number of anilines is 1. The third-order valence-corrected chi connectivity index (χ3v) is 7.31.